The van der Waals surface area contributed by atoms with Gasteiger partial charge in [0.25, 0.3) is 0 Å². The molecule has 2 aromatic carbocycles. The van der Waals surface area contributed by atoms with E-state index in [1.165, 1.54) is 0 Å². The number of ether oxygens (including phenoxy) is 1. The highest BCUT2D eigenvalue weighted by Gasteiger charge is 2.17. The molecule has 2 rings (SSSR count). The lowest BCUT2D eigenvalue weighted by molar-refractivity contribution is 0.133. The largest absolute Gasteiger partial charge is 0.489 e. The lowest BCUT2D eigenvalue weighted by Crippen LogP contribution is -2.14. The molecule has 0 spiro atoms. The molecule has 0 aromatic heterocycles. The Hall–Kier alpha value is -2.40. The van der Waals surface area contributed by atoms with Crippen molar-refractivity contribution >= 4 is 0 Å². The van der Waals surface area contributed by atoms with Crippen molar-refractivity contribution in [3.63, 3.8) is 0 Å². The second kappa shape index (κ2) is 9.88. The van der Waals surface area contributed by atoms with Crippen LogP contribution >= 0.6 is 0 Å². The van der Waals surface area contributed by atoms with Crippen molar-refractivity contribution in [3.8, 4) is 5.75 Å². The first-order valence-electron chi connectivity index (χ1n) is 9.80. The van der Waals surface area contributed by atoms with E-state index < -0.39 is 5.60 Å². The van der Waals surface area contributed by atoms with Crippen LogP contribution in [0, 0.1) is 0 Å². The number of aliphatic hydroxyl groups is 3. The maximum absolute atomic E-state index is 9.75. The molecule has 0 unspecified atom stereocenters. The summed E-state index contributed by atoms with van der Waals surface area (Å²) in [4.78, 5) is 0. The summed E-state index contributed by atoms with van der Waals surface area (Å²) < 4.78 is 5.96. The Bertz CT molecular complexity index is 857. The van der Waals surface area contributed by atoms with Crippen LogP contribution in [0.3, 0.4) is 0 Å². The van der Waals surface area contributed by atoms with Crippen LogP contribution in [0.5, 0.6) is 5.75 Å². The lowest BCUT2D eigenvalue weighted by Gasteiger charge is -2.22. The Kier molecular flexibility index (Phi) is 7.80. The van der Waals surface area contributed by atoms with Gasteiger partial charge in [0.05, 0.1) is 18.8 Å². The summed E-state index contributed by atoms with van der Waals surface area (Å²) in [5.41, 5.74) is 2.48. The third kappa shape index (κ3) is 7.17. The van der Waals surface area contributed by atoms with Gasteiger partial charge in [-0.15, -0.1) is 0 Å². The normalized spacial score (nSPS) is 12.8. The van der Waals surface area contributed by atoms with Gasteiger partial charge in [-0.1, -0.05) is 62.4 Å². The first kappa shape index (κ1) is 22.9. The minimum Gasteiger partial charge on any atom is -0.489 e. The summed E-state index contributed by atoms with van der Waals surface area (Å²) in [5.74, 6) is 0.771. The van der Waals surface area contributed by atoms with Crippen molar-refractivity contribution in [1.29, 1.82) is 0 Å². The average Bonchev–Trinajstić information content (AvgIpc) is 2.69. The van der Waals surface area contributed by atoms with Crippen LogP contribution in [0.2, 0.25) is 0 Å². The number of benzene rings is 2. The van der Waals surface area contributed by atoms with Crippen LogP contribution in [0.4, 0.5) is 0 Å². The summed E-state index contributed by atoms with van der Waals surface area (Å²) >= 11 is 0. The van der Waals surface area contributed by atoms with Gasteiger partial charge in [0.1, 0.15) is 12.4 Å². The second-order valence-electron chi connectivity index (χ2n) is 8.33. The fourth-order valence-corrected chi connectivity index (χ4v) is 2.91. The minimum absolute atomic E-state index is 0.0906. The molecule has 0 saturated carbocycles. The number of hydrogen-bond donors (Lipinski definition) is 3. The van der Waals surface area contributed by atoms with Crippen LogP contribution in [-0.4, -0.2) is 20.9 Å². The molecule has 3 N–H and O–H groups in total. The molecule has 0 atom stereocenters. The molecule has 29 heavy (non-hydrogen) atoms. The van der Waals surface area contributed by atoms with Crippen LogP contribution < -0.4 is 4.74 Å². The second-order valence-corrected chi connectivity index (χ2v) is 8.33. The lowest BCUT2D eigenvalue weighted by atomic mass is 9.84. The van der Waals surface area contributed by atoms with Gasteiger partial charge in [0, 0.05) is 5.41 Å². The monoisotopic (exact) mass is 396 g/mol. The maximum Gasteiger partial charge on any atom is 0.120 e. The third-order valence-corrected chi connectivity index (χ3v) is 4.72. The van der Waals surface area contributed by atoms with Gasteiger partial charge >= 0.3 is 0 Å². The van der Waals surface area contributed by atoms with E-state index in [9.17, 15) is 15.3 Å². The predicted octanol–water partition coefficient (Wildman–Crippen LogP) is 4.41. The molecule has 0 bridgehead atoms. The molecule has 4 nitrogen and oxygen atoms in total. The van der Waals surface area contributed by atoms with Gasteiger partial charge < -0.3 is 20.1 Å². The molecule has 0 amide bonds. The molecule has 0 heterocycles. The van der Waals surface area contributed by atoms with E-state index in [0.717, 1.165) is 22.4 Å². The maximum atomic E-state index is 9.75. The van der Waals surface area contributed by atoms with Crippen molar-refractivity contribution in [2.45, 2.75) is 58.5 Å². The van der Waals surface area contributed by atoms with Crippen molar-refractivity contribution in [2.75, 3.05) is 0 Å². The molecule has 0 fully saturated rings. The highest BCUT2D eigenvalue weighted by molar-refractivity contribution is 5.37. The van der Waals surface area contributed by atoms with E-state index in [-0.39, 0.29) is 18.6 Å². The fourth-order valence-electron chi connectivity index (χ4n) is 2.91. The molecule has 0 saturated heterocycles. The number of aliphatic hydroxyl groups excluding tert-OH is 2. The van der Waals surface area contributed by atoms with Crippen LogP contribution in [-0.2, 0) is 25.2 Å². The van der Waals surface area contributed by atoms with Gasteiger partial charge in [0.15, 0.2) is 0 Å². The van der Waals surface area contributed by atoms with Crippen molar-refractivity contribution in [1.82, 2.24) is 0 Å². The molecule has 0 aliphatic heterocycles. The quantitative estimate of drug-likeness (QED) is 0.549. The van der Waals surface area contributed by atoms with Crippen LogP contribution in [0.1, 0.15) is 49.9 Å². The van der Waals surface area contributed by atoms with Gasteiger partial charge in [-0.2, -0.15) is 0 Å². The molecule has 2 aromatic rings. The van der Waals surface area contributed by atoms with E-state index in [0.29, 0.717) is 12.2 Å². The summed E-state index contributed by atoms with van der Waals surface area (Å²) in [6, 6.07) is 13.6. The summed E-state index contributed by atoms with van der Waals surface area (Å²) in [7, 11) is 0. The van der Waals surface area contributed by atoms with E-state index in [1.54, 1.807) is 19.9 Å². The molecule has 156 valence electrons. The average molecular weight is 397 g/mol. The summed E-state index contributed by atoms with van der Waals surface area (Å²) in [5, 5.41) is 28.5. The van der Waals surface area contributed by atoms with E-state index in [2.05, 4.69) is 26.0 Å². The molecule has 0 aliphatic rings. The Morgan fingerprint density at radius 2 is 1.55 bits per heavy atom. The first-order valence-corrected chi connectivity index (χ1v) is 9.80. The summed E-state index contributed by atoms with van der Waals surface area (Å²) in [6.45, 7) is 7.92. The highest BCUT2D eigenvalue weighted by Crippen LogP contribution is 2.28. The summed E-state index contributed by atoms with van der Waals surface area (Å²) in [6.07, 6.45) is 7.65. The Labute approximate surface area is 173 Å². The molecule has 4 heteroatoms. The van der Waals surface area contributed by atoms with E-state index >= 15 is 0 Å². The Balaban J connectivity index is 2.09. The highest BCUT2D eigenvalue weighted by atomic mass is 16.5. The molecule has 0 aliphatic carbocycles. The van der Waals surface area contributed by atoms with Crippen molar-refractivity contribution < 1.29 is 20.1 Å². The topological polar surface area (TPSA) is 69.9 Å². The first-order chi connectivity index (χ1) is 13.6. The Morgan fingerprint density at radius 1 is 0.862 bits per heavy atom. The zero-order valence-electron chi connectivity index (χ0n) is 17.7. The van der Waals surface area contributed by atoms with Gasteiger partial charge in [-0.3, -0.25) is 0 Å². The van der Waals surface area contributed by atoms with Gasteiger partial charge in [-0.25, -0.2) is 0 Å². The number of allylic oxidation sites excluding steroid dienone is 3. The fraction of sp³-hybridized carbons (Fsp3) is 0.360. The van der Waals surface area contributed by atoms with Crippen LogP contribution in [0.15, 0.2) is 66.8 Å². The minimum atomic E-state index is -0.826. The van der Waals surface area contributed by atoms with E-state index in [4.69, 9.17) is 4.74 Å². The van der Waals surface area contributed by atoms with Crippen LogP contribution in [0.25, 0.3) is 0 Å². The molecular formula is C25H32O4. The zero-order chi connectivity index (χ0) is 21.5. The molecule has 0 radical (unpaired) electrons. The Morgan fingerprint density at radius 3 is 2.21 bits per heavy atom. The van der Waals surface area contributed by atoms with Gasteiger partial charge in [-0.05, 0) is 54.3 Å². The number of hydrogen-bond acceptors (Lipinski definition) is 4. The smallest absolute Gasteiger partial charge is 0.120 e. The predicted molar refractivity (Wildman–Crippen MR) is 117 cm³/mol. The van der Waals surface area contributed by atoms with Crippen molar-refractivity contribution in [2.24, 2.45) is 0 Å². The molecular weight excluding hydrogens is 364 g/mol. The van der Waals surface area contributed by atoms with E-state index in [1.807, 2.05) is 48.6 Å². The number of rotatable bonds is 9. The van der Waals surface area contributed by atoms with Gasteiger partial charge in [0.2, 0.25) is 0 Å². The third-order valence-electron chi connectivity index (χ3n) is 4.72. The van der Waals surface area contributed by atoms with Crippen molar-refractivity contribution in [3.05, 3.63) is 89.0 Å². The standard InChI is InChI=1S/C25H32O4/c1-24(2,12-5-6-13-25(3,4)28)22-8-7-9-23(15-22)29-18-19-10-11-20(16-26)21(14-19)17-27/h5-15,26-28H,16-18H2,1-4H3/b12-5+,13-6+. The SMILES string of the molecule is CC(C)(O)/C=C/C=C/C(C)(C)c1cccc(OCc2ccc(CO)c(CO)c2)c1. The zero-order valence-corrected chi connectivity index (χ0v) is 17.7.